The highest BCUT2D eigenvalue weighted by molar-refractivity contribution is 6.51. The number of benzene rings is 2. The molecule has 174 valence electrons. The molecule has 2 aliphatic rings. The molecule has 34 heavy (non-hydrogen) atoms. The minimum absolute atomic E-state index is 0.0789. The zero-order valence-electron chi connectivity index (χ0n) is 18.8. The number of rotatable bonds is 5. The summed E-state index contributed by atoms with van der Waals surface area (Å²) in [7, 11) is 1.56. The van der Waals surface area contributed by atoms with Crippen molar-refractivity contribution in [2.45, 2.75) is 38.1 Å². The number of aliphatic hydroxyl groups is 1. The summed E-state index contributed by atoms with van der Waals surface area (Å²) in [6.45, 7) is 0. The van der Waals surface area contributed by atoms with Crippen molar-refractivity contribution < 1.29 is 23.8 Å². The Balaban J connectivity index is 1.58. The number of nitrogens with zero attached hydrogens (tertiary/aromatic N) is 3. The highest BCUT2D eigenvalue weighted by atomic mass is 16.5. The lowest BCUT2D eigenvalue weighted by atomic mass is 9.80. The number of ether oxygens (including phenoxy) is 1. The van der Waals surface area contributed by atoms with Crippen LogP contribution in [0.2, 0.25) is 0 Å². The molecule has 1 unspecified atom stereocenters. The van der Waals surface area contributed by atoms with Crippen molar-refractivity contribution in [1.29, 1.82) is 0 Å². The number of Topliss-reactive ketones (excluding diaryl/α,β-unsaturated/α-hetero) is 1. The lowest BCUT2D eigenvalue weighted by Crippen LogP contribution is -2.40. The molecule has 2 heterocycles. The second-order valence-electron chi connectivity index (χ2n) is 8.63. The molecule has 2 aromatic carbocycles. The molecular weight excluding hydrogens is 434 g/mol. The van der Waals surface area contributed by atoms with Gasteiger partial charge in [0.25, 0.3) is 11.7 Å². The average molecular weight is 460 g/mol. The highest BCUT2D eigenvalue weighted by Gasteiger charge is 2.49. The van der Waals surface area contributed by atoms with Gasteiger partial charge in [-0.1, -0.05) is 19.3 Å². The number of hydrogen-bond acceptors (Lipinski definition) is 7. The molecule has 0 radical (unpaired) electrons. The first kappa shape index (κ1) is 21.9. The zero-order valence-corrected chi connectivity index (χ0v) is 18.8. The fraction of sp³-hybridized carbons (Fsp3) is 0.308. The third kappa shape index (κ3) is 3.85. The summed E-state index contributed by atoms with van der Waals surface area (Å²) in [6.07, 6.45) is 6.23. The van der Waals surface area contributed by atoms with E-state index in [2.05, 4.69) is 10.2 Å². The Morgan fingerprint density at radius 2 is 1.74 bits per heavy atom. The number of aromatic nitrogens is 2. The molecular formula is C26H25N3O5. The van der Waals surface area contributed by atoms with Crippen LogP contribution in [0.25, 0.3) is 17.2 Å². The van der Waals surface area contributed by atoms with E-state index in [-0.39, 0.29) is 17.3 Å². The second kappa shape index (κ2) is 9.13. The van der Waals surface area contributed by atoms with Crippen molar-refractivity contribution in [3.05, 3.63) is 66.1 Å². The summed E-state index contributed by atoms with van der Waals surface area (Å²) in [5.74, 6) is -0.350. The van der Waals surface area contributed by atoms with E-state index < -0.39 is 17.7 Å². The van der Waals surface area contributed by atoms with Gasteiger partial charge in [0.2, 0.25) is 12.3 Å². The van der Waals surface area contributed by atoms with Gasteiger partial charge in [-0.2, -0.15) is 0 Å². The van der Waals surface area contributed by atoms with Crippen molar-refractivity contribution in [2.75, 3.05) is 12.0 Å². The summed E-state index contributed by atoms with van der Waals surface area (Å²) in [5, 5.41) is 18.8. The van der Waals surface area contributed by atoms with Gasteiger partial charge >= 0.3 is 0 Å². The van der Waals surface area contributed by atoms with Gasteiger partial charge in [-0.3, -0.25) is 14.5 Å². The van der Waals surface area contributed by atoms with Gasteiger partial charge in [-0.05, 0) is 67.3 Å². The van der Waals surface area contributed by atoms with Gasteiger partial charge in [0.1, 0.15) is 11.5 Å². The predicted molar refractivity (Wildman–Crippen MR) is 125 cm³/mol. The van der Waals surface area contributed by atoms with E-state index in [1.54, 1.807) is 60.5 Å². The van der Waals surface area contributed by atoms with Crippen LogP contribution in [0, 0.1) is 5.92 Å². The van der Waals surface area contributed by atoms with Crippen LogP contribution >= 0.6 is 0 Å². The summed E-state index contributed by atoms with van der Waals surface area (Å²) in [4.78, 5) is 28.1. The van der Waals surface area contributed by atoms with Crippen LogP contribution in [-0.2, 0) is 9.59 Å². The number of ketones is 1. The standard InChI is InChI=1S/C26H25N3O5/c1-33-20-13-9-17(10-14-20)23(30)21-22(16-5-3-2-4-6-16)29(26(32)24(21)31)19-11-7-18(8-12-19)25-28-27-15-34-25/h7-16,22,30H,2-6H2,1H3/b23-21-. The number of hydrogen-bond donors (Lipinski definition) is 1. The van der Waals surface area contributed by atoms with Crippen molar-refractivity contribution >= 4 is 23.1 Å². The summed E-state index contributed by atoms with van der Waals surface area (Å²) in [6, 6.07) is 13.4. The van der Waals surface area contributed by atoms with Gasteiger partial charge in [-0.15, -0.1) is 10.2 Å². The van der Waals surface area contributed by atoms with Crippen LogP contribution < -0.4 is 9.64 Å². The zero-order chi connectivity index (χ0) is 23.7. The van der Waals surface area contributed by atoms with E-state index in [9.17, 15) is 14.7 Å². The molecule has 1 saturated heterocycles. The van der Waals surface area contributed by atoms with Gasteiger partial charge in [0.05, 0.1) is 18.7 Å². The van der Waals surface area contributed by atoms with Crippen molar-refractivity contribution in [2.24, 2.45) is 5.92 Å². The van der Waals surface area contributed by atoms with E-state index in [1.165, 1.54) is 6.39 Å². The molecule has 1 aliphatic carbocycles. The van der Waals surface area contributed by atoms with E-state index in [0.717, 1.165) is 32.1 Å². The van der Waals surface area contributed by atoms with Gasteiger partial charge in [0, 0.05) is 16.8 Å². The van der Waals surface area contributed by atoms with Crippen LogP contribution in [0.3, 0.4) is 0 Å². The molecule has 1 aliphatic heterocycles. The molecule has 0 spiro atoms. The van der Waals surface area contributed by atoms with Crippen LogP contribution in [0.5, 0.6) is 5.75 Å². The van der Waals surface area contributed by atoms with Gasteiger partial charge < -0.3 is 14.3 Å². The van der Waals surface area contributed by atoms with E-state index in [4.69, 9.17) is 9.15 Å². The maximum Gasteiger partial charge on any atom is 0.299 e. The van der Waals surface area contributed by atoms with E-state index in [1.807, 2.05) is 0 Å². The maximum absolute atomic E-state index is 13.3. The van der Waals surface area contributed by atoms with Crippen molar-refractivity contribution in [1.82, 2.24) is 10.2 Å². The Kier molecular flexibility index (Phi) is 5.88. The minimum Gasteiger partial charge on any atom is -0.507 e. The van der Waals surface area contributed by atoms with Crippen LogP contribution in [-0.4, -0.2) is 40.1 Å². The Morgan fingerprint density at radius 3 is 2.35 bits per heavy atom. The Hall–Kier alpha value is -3.94. The predicted octanol–water partition coefficient (Wildman–Crippen LogP) is 4.58. The number of carbonyl (C=O) groups excluding carboxylic acids is 2. The molecule has 1 saturated carbocycles. The summed E-state index contributed by atoms with van der Waals surface area (Å²) in [5.41, 5.74) is 1.95. The Bertz CT molecular complexity index is 1210. The molecule has 1 N–H and O–H groups in total. The summed E-state index contributed by atoms with van der Waals surface area (Å²) < 4.78 is 10.4. The molecule has 1 aromatic heterocycles. The average Bonchev–Trinajstić information content (AvgIpc) is 3.52. The quantitative estimate of drug-likeness (QED) is 0.338. The third-order valence-corrected chi connectivity index (χ3v) is 6.70. The molecule has 2 fully saturated rings. The first-order chi connectivity index (χ1) is 16.6. The minimum atomic E-state index is -0.662. The van der Waals surface area contributed by atoms with Crippen LogP contribution in [0.1, 0.15) is 37.7 Å². The molecule has 1 atom stereocenters. The first-order valence-electron chi connectivity index (χ1n) is 11.4. The Labute approximate surface area is 196 Å². The fourth-order valence-electron chi connectivity index (χ4n) is 5.00. The SMILES string of the molecule is COc1ccc(/C(O)=C2/C(=O)C(=O)N(c3ccc(-c4nnco4)cc3)C2C2CCCCC2)cc1. The second-order valence-corrected chi connectivity index (χ2v) is 8.63. The summed E-state index contributed by atoms with van der Waals surface area (Å²) >= 11 is 0. The van der Waals surface area contributed by atoms with E-state index in [0.29, 0.717) is 28.5 Å². The molecule has 3 aromatic rings. The highest BCUT2D eigenvalue weighted by Crippen LogP contribution is 2.41. The monoisotopic (exact) mass is 459 g/mol. The number of methoxy groups -OCH3 is 1. The van der Waals surface area contributed by atoms with Crippen molar-refractivity contribution in [3.63, 3.8) is 0 Å². The largest absolute Gasteiger partial charge is 0.507 e. The molecule has 8 heteroatoms. The Morgan fingerprint density at radius 1 is 1.03 bits per heavy atom. The van der Waals surface area contributed by atoms with Crippen LogP contribution in [0.15, 0.2) is 64.9 Å². The van der Waals surface area contributed by atoms with Gasteiger partial charge in [-0.25, -0.2) is 0 Å². The molecule has 5 rings (SSSR count). The lowest BCUT2D eigenvalue weighted by molar-refractivity contribution is -0.132. The van der Waals surface area contributed by atoms with E-state index >= 15 is 0 Å². The lowest BCUT2D eigenvalue weighted by Gasteiger charge is -2.34. The number of anilines is 1. The first-order valence-corrected chi connectivity index (χ1v) is 11.4. The number of carbonyl (C=O) groups is 2. The van der Waals surface area contributed by atoms with Gasteiger partial charge in [0.15, 0.2) is 0 Å². The maximum atomic E-state index is 13.3. The van der Waals surface area contributed by atoms with Crippen molar-refractivity contribution in [3.8, 4) is 17.2 Å². The third-order valence-electron chi connectivity index (χ3n) is 6.70. The van der Waals surface area contributed by atoms with Crippen LogP contribution in [0.4, 0.5) is 5.69 Å². The fourth-order valence-corrected chi connectivity index (χ4v) is 5.00. The number of aliphatic hydroxyl groups excluding tert-OH is 1. The molecule has 0 bridgehead atoms. The number of amides is 1. The normalized spacial score (nSPS) is 20.6. The molecule has 1 amide bonds. The topological polar surface area (TPSA) is 106 Å². The molecule has 8 nitrogen and oxygen atoms in total. The smallest absolute Gasteiger partial charge is 0.299 e.